The third kappa shape index (κ3) is 3.20. The van der Waals surface area contributed by atoms with Gasteiger partial charge in [0.05, 0.1) is 5.75 Å². The number of rotatable bonds is 4. The Hall–Kier alpha value is -1.07. The van der Waals surface area contributed by atoms with E-state index in [1.54, 1.807) is 4.31 Å². The third-order valence-electron chi connectivity index (χ3n) is 3.03. The molecule has 0 amide bonds. The molecule has 1 aliphatic heterocycles. The SMILES string of the molecule is Nc1cccc(CCCN2CCCS2(=O)=O)c1. The van der Waals surface area contributed by atoms with E-state index in [1.165, 1.54) is 5.56 Å². The van der Waals surface area contributed by atoms with Crippen LogP contribution in [0.1, 0.15) is 18.4 Å². The molecule has 0 saturated carbocycles. The van der Waals surface area contributed by atoms with E-state index in [4.69, 9.17) is 5.73 Å². The Morgan fingerprint density at radius 3 is 2.82 bits per heavy atom. The fraction of sp³-hybridized carbons (Fsp3) is 0.500. The lowest BCUT2D eigenvalue weighted by atomic mass is 10.1. The minimum Gasteiger partial charge on any atom is -0.399 e. The average Bonchev–Trinajstić information content (AvgIpc) is 2.58. The zero-order chi connectivity index (χ0) is 12.3. The molecule has 5 heteroatoms. The van der Waals surface area contributed by atoms with E-state index in [2.05, 4.69) is 0 Å². The topological polar surface area (TPSA) is 63.4 Å². The number of hydrogen-bond acceptors (Lipinski definition) is 3. The Kier molecular flexibility index (Phi) is 3.69. The monoisotopic (exact) mass is 254 g/mol. The smallest absolute Gasteiger partial charge is 0.214 e. The van der Waals surface area contributed by atoms with Crippen molar-refractivity contribution in [3.63, 3.8) is 0 Å². The van der Waals surface area contributed by atoms with E-state index in [-0.39, 0.29) is 0 Å². The normalized spacial score (nSPS) is 19.5. The fourth-order valence-corrected chi connectivity index (χ4v) is 3.72. The Bertz CT molecular complexity index is 485. The molecule has 0 atom stereocenters. The van der Waals surface area contributed by atoms with Gasteiger partial charge in [-0.3, -0.25) is 0 Å². The Balaban J connectivity index is 1.84. The molecule has 2 rings (SSSR count). The highest BCUT2D eigenvalue weighted by atomic mass is 32.2. The summed E-state index contributed by atoms with van der Waals surface area (Å²) < 4.78 is 24.7. The van der Waals surface area contributed by atoms with Gasteiger partial charge in [-0.15, -0.1) is 0 Å². The van der Waals surface area contributed by atoms with Crippen LogP contribution in [-0.4, -0.2) is 31.6 Å². The highest BCUT2D eigenvalue weighted by Crippen LogP contribution is 2.15. The molecule has 1 heterocycles. The van der Waals surface area contributed by atoms with Crippen molar-refractivity contribution in [2.45, 2.75) is 19.3 Å². The van der Waals surface area contributed by atoms with Crippen LogP contribution < -0.4 is 5.73 Å². The van der Waals surface area contributed by atoms with E-state index in [9.17, 15) is 8.42 Å². The number of nitrogens with two attached hydrogens (primary N) is 1. The number of aryl methyl sites for hydroxylation is 1. The summed E-state index contributed by atoms with van der Waals surface area (Å²) in [6, 6.07) is 7.75. The fourth-order valence-electron chi connectivity index (χ4n) is 2.15. The van der Waals surface area contributed by atoms with Gasteiger partial charge >= 0.3 is 0 Å². The van der Waals surface area contributed by atoms with Crippen LogP contribution in [0, 0.1) is 0 Å². The molecule has 0 aromatic heterocycles. The summed E-state index contributed by atoms with van der Waals surface area (Å²) in [6.45, 7) is 1.30. The standard InChI is InChI=1S/C12H18N2O2S/c13-12-6-1-4-11(10-12)5-2-7-14-8-3-9-17(14,15)16/h1,4,6,10H,2-3,5,7-9,13H2. The van der Waals surface area contributed by atoms with Gasteiger partial charge in [-0.2, -0.15) is 0 Å². The van der Waals surface area contributed by atoms with Crippen LogP contribution in [0.4, 0.5) is 5.69 Å². The molecular weight excluding hydrogens is 236 g/mol. The molecule has 1 aliphatic rings. The second-order valence-electron chi connectivity index (χ2n) is 4.42. The van der Waals surface area contributed by atoms with Crippen molar-refractivity contribution >= 4 is 15.7 Å². The number of hydrogen-bond donors (Lipinski definition) is 1. The van der Waals surface area contributed by atoms with Gasteiger partial charge in [0.25, 0.3) is 0 Å². The molecule has 1 saturated heterocycles. The van der Waals surface area contributed by atoms with Crippen LogP contribution in [0.5, 0.6) is 0 Å². The molecule has 94 valence electrons. The molecule has 0 aliphatic carbocycles. The summed E-state index contributed by atoms with van der Waals surface area (Å²) in [6.07, 6.45) is 2.49. The Morgan fingerprint density at radius 2 is 2.18 bits per heavy atom. The lowest BCUT2D eigenvalue weighted by Crippen LogP contribution is -2.27. The zero-order valence-corrected chi connectivity index (χ0v) is 10.6. The first-order valence-corrected chi connectivity index (χ1v) is 7.51. The van der Waals surface area contributed by atoms with E-state index in [1.807, 2.05) is 24.3 Å². The van der Waals surface area contributed by atoms with Gasteiger partial charge in [-0.1, -0.05) is 12.1 Å². The summed E-state index contributed by atoms with van der Waals surface area (Å²) in [5, 5.41) is 0. The van der Waals surface area contributed by atoms with Crippen LogP contribution in [-0.2, 0) is 16.4 Å². The predicted molar refractivity (Wildman–Crippen MR) is 69.2 cm³/mol. The van der Waals surface area contributed by atoms with Gasteiger partial charge in [0, 0.05) is 18.8 Å². The molecule has 17 heavy (non-hydrogen) atoms. The minimum absolute atomic E-state index is 0.311. The van der Waals surface area contributed by atoms with Crippen LogP contribution >= 0.6 is 0 Å². The molecule has 0 radical (unpaired) electrons. The average molecular weight is 254 g/mol. The zero-order valence-electron chi connectivity index (χ0n) is 9.80. The van der Waals surface area contributed by atoms with Crippen molar-refractivity contribution in [2.75, 3.05) is 24.6 Å². The predicted octanol–water partition coefficient (Wildman–Crippen LogP) is 1.24. The largest absolute Gasteiger partial charge is 0.399 e. The van der Waals surface area contributed by atoms with Gasteiger partial charge in [-0.25, -0.2) is 12.7 Å². The molecule has 0 spiro atoms. The molecular formula is C12H18N2O2S. The molecule has 0 bridgehead atoms. The summed E-state index contributed by atoms with van der Waals surface area (Å²) in [5.41, 5.74) is 7.62. The maximum atomic E-state index is 11.6. The summed E-state index contributed by atoms with van der Waals surface area (Å²) >= 11 is 0. The summed E-state index contributed by atoms with van der Waals surface area (Å²) in [5.74, 6) is 0.311. The quantitative estimate of drug-likeness (QED) is 0.822. The summed E-state index contributed by atoms with van der Waals surface area (Å²) in [4.78, 5) is 0. The maximum absolute atomic E-state index is 11.6. The number of nitrogen functional groups attached to an aromatic ring is 1. The first-order valence-electron chi connectivity index (χ1n) is 5.90. The third-order valence-corrected chi connectivity index (χ3v) is 4.98. The van der Waals surface area contributed by atoms with Crippen LogP contribution in [0.15, 0.2) is 24.3 Å². The highest BCUT2D eigenvalue weighted by molar-refractivity contribution is 7.89. The van der Waals surface area contributed by atoms with Crippen LogP contribution in [0.2, 0.25) is 0 Å². The van der Waals surface area contributed by atoms with E-state index in [0.29, 0.717) is 18.8 Å². The molecule has 2 N–H and O–H groups in total. The van der Waals surface area contributed by atoms with Gasteiger partial charge < -0.3 is 5.73 Å². The first-order chi connectivity index (χ1) is 8.08. The Morgan fingerprint density at radius 1 is 1.35 bits per heavy atom. The number of sulfonamides is 1. The van der Waals surface area contributed by atoms with Gasteiger partial charge in [-0.05, 0) is 37.0 Å². The Labute approximate surface area is 102 Å². The lowest BCUT2D eigenvalue weighted by molar-refractivity contribution is 0.435. The van der Waals surface area contributed by atoms with E-state index >= 15 is 0 Å². The van der Waals surface area contributed by atoms with Crippen molar-refractivity contribution in [1.29, 1.82) is 0 Å². The van der Waals surface area contributed by atoms with Gasteiger partial charge in [0.2, 0.25) is 10.0 Å². The van der Waals surface area contributed by atoms with Gasteiger partial charge in [0.1, 0.15) is 0 Å². The lowest BCUT2D eigenvalue weighted by Gasteiger charge is -2.13. The minimum atomic E-state index is -2.94. The summed E-state index contributed by atoms with van der Waals surface area (Å²) in [7, 11) is -2.94. The molecule has 1 aromatic carbocycles. The molecule has 1 aromatic rings. The van der Waals surface area contributed by atoms with Crippen molar-refractivity contribution in [3.05, 3.63) is 29.8 Å². The molecule has 0 unspecified atom stereocenters. The second-order valence-corrected chi connectivity index (χ2v) is 6.51. The van der Waals surface area contributed by atoms with Gasteiger partial charge in [0.15, 0.2) is 0 Å². The number of benzene rings is 1. The van der Waals surface area contributed by atoms with Crippen LogP contribution in [0.3, 0.4) is 0 Å². The number of anilines is 1. The molecule has 4 nitrogen and oxygen atoms in total. The van der Waals surface area contributed by atoms with Crippen molar-refractivity contribution in [2.24, 2.45) is 0 Å². The van der Waals surface area contributed by atoms with E-state index in [0.717, 1.165) is 24.9 Å². The van der Waals surface area contributed by atoms with Crippen molar-refractivity contribution < 1.29 is 8.42 Å². The maximum Gasteiger partial charge on any atom is 0.214 e. The molecule has 1 fully saturated rings. The number of nitrogens with zero attached hydrogens (tertiary/aromatic N) is 1. The second kappa shape index (κ2) is 5.06. The van der Waals surface area contributed by atoms with Crippen LogP contribution in [0.25, 0.3) is 0 Å². The highest BCUT2D eigenvalue weighted by Gasteiger charge is 2.27. The van der Waals surface area contributed by atoms with Crippen molar-refractivity contribution in [3.8, 4) is 0 Å². The van der Waals surface area contributed by atoms with Crippen molar-refractivity contribution in [1.82, 2.24) is 4.31 Å². The first kappa shape index (κ1) is 12.4. The van der Waals surface area contributed by atoms with E-state index < -0.39 is 10.0 Å².